The van der Waals surface area contributed by atoms with E-state index in [1.54, 1.807) is 30.3 Å². The number of carbonyl (C=O) groups excluding carboxylic acids is 2. The fourth-order valence-corrected chi connectivity index (χ4v) is 2.65. The Labute approximate surface area is 163 Å². The van der Waals surface area contributed by atoms with Gasteiger partial charge in [0, 0.05) is 38.0 Å². The average molecular weight is 375 g/mol. The standard InChI is InChI=1S/C21H21N5O2/c1-15(27)24-17-8-10-18(11-9-17)25-21(28)19-12-20(23-14-22-19)26(2)13-16-6-4-3-5-7-16/h3-12,14H,13H2,1-2H3,(H,24,27)(H,25,28). The van der Waals surface area contributed by atoms with Crippen LogP contribution in [-0.4, -0.2) is 28.8 Å². The molecule has 2 N–H and O–H groups in total. The van der Waals surface area contributed by atoms with Gasteiger partial charge in [0.25, 0.3) is 5.91 Å². The molecule has 3 rings (SSSR count). The highest BCUT2D eigenvalue weighted by Crippen LogP contribution is 2.16. The second kappa shape index (κ2) is 8.77. The third-order valence-electron chi connectivity index (χ3n) is 4.00. The lowest BCUT2D eigenvalue weighted by Crippen LogP contribution is -2.20. The quantitative estimate of drug-likeness (QED) is 0.690. The molecule has 142 valence electrons. The van der Waals surface area contributed by atoms with Crippen LogP contribution in [0.1, 0.15) is 23.0 Å². The normalized spacial score (nSPS) is 10.2. The number of hydrogen-bond acceptors (Lipinski definition) is 5. The van der Waals surface area contributed by atoms with E-state index in [9.17, 15) is 9.59 Å². The molecule has 0 fully saturated rings. The van der Waals surface area contributed by atoms with Gasteiger partial charge >= 0.3 is 0 Å². The second-order valence-electron chi connectivity index (χ2n) is 6.32. The molecule has 7 heteroatoms. The first-order valence-electron chi connectivity index (χ1n) is 8.77. The minimum atomic E-state index is -0.330. The molecule has 1 heterocycles. The highest BCUT2D eigenvalue weighted by Gasteiger charge is 2.12. The number of carbonyl (C=O) groups is 2. The molecule has 3 aromatic rings. The van der Waals surface area contributed by atoms with Crippen molar-refractivity contribution in [2.45, 2.75) is 13.5 Å². The fraction of sp³-hybridized carbons (Fsp3) is 0.143. The average Bonchev–Trinajstić information content (AvgIpc) is 2.70. The van der Waals surface area contributed by atoms with Crippen molar-refractivity contribution in [3.05, 3.63) is 78.2 Å². The van der Waals surface area contributed by atoms with Gasteiger partial charge in [-0.05, 0) is 29.8 Å². The van der Waals surface area contributed by atoms with Crippen molar-refractivity contribution >= 4 is 29.0 Å². The summed E-state index contributed by atoms with van der Waals surface area (Å²) in [6.07, 6.45) is 1.38. The van der Waals surface area contributed by atoms with Crippen LogP contribution in [0.3, 0.4) is 0 Å². The number of nitrogens with zero attached hydrogens (tertiary/aromatic N) is 3. The molecule has 0 saturated heterocycles. The summed E-state index contributed by atoms with van der Waals surface area (Å²) in [5, 5.41) is 5.47. The lowest BCUT2D eigenvalue weighted by molar-refractivity contribution is -0.114. The van der Waals surface area contributed by atoms with Crippen molar-refractivity contribution in [2.24, 2.45) is 0 Å². The van der Waals surface area contributed by atoms with Crippen LogP contribution >= 0.6 is 0 Å². The molecular formula is C21H21N5O2. The molecule has 0 aliphatic carbocycles. The SMILES string of the molecule is CC(=O)Nc1ccc(NC(=O)c2cc(N(C)Cc3ccccc3)ncn2)cc1. The lowest BCUT2D eigenvalue weighted by Gasteiger charge is -2.18. The number of amides is 2. The Bertz CT molecular complexity index is 958. The molecule has 0 saturated carbocycles. The molecule has 28 heavy (non-hydrogen) atoms. The Morgan fingerprint density at radius 1 is 0.929 bits per heavy atom. The van der Waals surface area contributed by atoms with Gasteiger partial charge in [-0.15, -0.1) is 0 Å². The monoisotopic (exact) mass is 375 g/mol. The Hall–Kier alpha value is -3.74. The van der Waals surface area contributed by atoms with E-state index in [0.29, 0.717) is 23.7 Å². The summed E-state index contributed by atoms with van der Waals surface area (Å²) < 4.78 is 0. The van der Waals surface area contributed by atoms with E-state index >= 15 is 0 Å². The zero-order valence-electron chi connectivity index (χ0n) is 15.7. The Kier molecular flexibility index (Phi) is 5.96. The van der Waals surface area contributed by atoms with E-state index in [-0.39, 0.29) is 17.5 Å². The molecule has 1 aromatic heterocycles. The number of hydrogen-bond donors (Lipinski definition) is 2. The third-order valence-corrected chi connectivity index (χ3v) is 4.00. The summed E-state index contributed by atoms with van der Waals surface area (Å²) in [6, 6.07) is 18.5. The molecule has 0 bridgehead atoms. The van der Waals surface area contributed by atoms with Gasteiger partial charge < -0.3 is 15.5 Å². The van der Waals surface area contributed by atoms with Gasteiger partial charge in [-0.3, -0.25) is 9.59 Å². The van der Waals surface area contributed by atoms with Gasteiger partial charge in [-0.25, -0.2) is 9.97 Å². The summed E-state index contributed by atoms with van der Waals surface area (Å²) in [5.41, 5.74) is 2.69. The van der Waals surface area contributed by atoms with Crippen molar-refractivity contribution < 1.29 is 9.59 Å². The molecular weight excluding hydrogens is 354 g/mol. The van der Waals surface area contributed by atoms with Gasteiger partial charge in [-0.1, -0.05) is 30.3 Å². The van der Waals surface area contributed by atoms with Gasteiger partial charge in [0.15, 0.2) is 0 Å². The van der Waals surface area contributed by atoms with Crippen molar-refractivity contribution in [3.8, 4) is 0 Å². The largest absolute Gasteiger partial charge is 0.355 e. The maximum atomic E-state index is 12.5. The predicted molar refractivity (Wildman–Crippen MR) is 109 cm³/mol. The molecule has 0 aliphatic rings. The van der Waals surface area contributed by atoms with Crippen LogP contribution in [0.25, 0.3) is 0 Å². The van der Waals surface area contributed by atoms with Crippen LogP contribution in [0.5, 0.6) is 0 Å². The second-order valence-corrected chi connectivity index (χ2v) is 6.32. The topological polar surface area (TPSA) is 87.2 Å². The van der Waals surface area contributed by atoms with Crippen molar-refractivity contribution in [2.75, 3.05) is 22.6 Å². The molecule has 7 nitrogen and oxygen atoms in total. The van der Waals surface area contributed by atoms with Gasteiger partial charge in [-0.2, -0.15) is 0 Å². The maximum Gasteiger partial charge on any atom is 0.274 e. The Balaban J connectivity index is 1.67. The summed E-state index contributed by atoms with van der Waals surface area (Å²) in [6.45, 7) is 2.11. The molecule has 2 aromatic carbocycles. The lowest BCUT2D eigenvalue weighted by atomic mass is 10.2. The van der Waals surface area contributed by atoms with E-state index in [2.05, 4.69) is 20.6 Å². The number of aromatic nitrogens is 2. The minimum Gasteiger partial charge on any atom is -0.355 e. The van der Waals surface area contributed by atoms with Gasteiger partial charge in [0.2, 0.25) is 5.91 Å². The van der Waals surface area contributed by atoms with Crippen LogP contribution in [-0.2, 0) is 11.3 Å². The molecule has 0 atom stereocenters. The Morgan fingerprint density at radius 2 is 1.57 bits per heavy atom. The first-order valence-corrected chi connectivity index (χ1v) is 8.77. The molecule has 0 aliphatic heterocycles. The Morgan fingerprint density at radius 3 is 2.21 bits per heavy atom. The maximum absolute atomic E-state index is 12.5. The number of nitrogens with one attached hydrogen (secondary N) is 2. The number of anilines is 3. The van der Waals surface area contributed by atoms with Crippen LogP contribution in [0.2, 0.25) is 0 Å². The van der Waals surface area contributed by atoms with E-state index in [0.717, 1.165) is 5.56 Å². The summed E-state index contributed by atoms with van der Waals surface area (Å²) in [7, 11) is 1.91. The van der Waals surface area contributed by atoms with Crippen LogP contribution in [0, 0.1) is 0 Å². The van der Waals surface area contributed by atoms with E-state index < -0.39 is 0 Å². The zero-order valence-corrected chi connectivity index (χ0v) is 15.7. The smallest absolute Gasteiger partial charge is 0.274 e. The molecule has 0 radical (unpaired) electrons. The third kappa shape index (κ3) is 5.14. The number of rotatable bonds is 6. The van der Waals surface area contributed by atoms with Crippen LogP contribution in [0.15, 0.2) is 67.0 Å². The van der Waals surface area contributed by atoms with E-state index in [4.69, 9.17) is 0 Å². The zero-order chi connectivity index (χ0) is 19.9. The van der Waals surface area contributed by atoms with Crippen molar-refractivity contribution in [1.82, 2.24) is 9.97 Å². The molecule has 0 spiro atoms. The van der Waals surface area contributed by atoms with Gasteiger partial charge in [0.05, 0.1) is 0 Å². The molecule has 2 amide bonds. The minimum absolute atomic E-state index is 0.148. The van der Waals surface area contributed by atoms with E-state index in [1.807, 2.05) is 42.3 Å². The van der Waals surface area contributed by atoms with E-state index in [1.165, 1.54) is 13.3 Å². The van der Waals surface area contributed by atoms with Crippen LogP contribution in [0.4, 0.5) is 17.2 Å². The predicted octanol–water partition coefficient (Wildman–Crippen LogP) is 3.32. The molecule has 0 unspecified atom stereocenters. The van der Waals surface area contributed by atoms with Crippen molar-refractivity contribution in [1.29, 1.82) is 0 Å². The highest BCUT2D eigenvalue weighted by atomic mass is 16.2. The summed E-state index contributed by atoms with van der Waals surface area (Å²) in [5.74, 6) is 0.180. The van der Waals surface area contributed by atoms with Crippen molar-refractivity contribution in [3.63, 3.8) is 0 Å². The fourth-order valence-electron chi connectivity index (χ4n) is 2.65. The first kappa shape index (κ1) is 19.0. The summed E-state index contributed by atoms with van der Waals surface area (Å²) >= 11 is 0. The summed E-state index contributed by atoms with van der Waals surface area (Å²) in [4.78, 5) is 33.9. The van der Waals surface area contributed by atoms with Gasteiger partial charge in [0.1, 0.15) is 17.8 Å². The first-order chi connectivity index (χ1) is 13.5. The number of benzene rings is 2. The van der Waals surface area contributed by atoms with Crippen LogP contribution < -0.4 is 15.5 Å². The highest BCUT2D eigenvalue weighted by molar-refractivity contribution is 6.03.